The summed E-state index contributed by atoms with van der Waals surface area (Å²) in [5, 5.41) is 0. The Morgan fingerprint density at radius 1 is 0.260 bits per heavy atom. The van der Waals surface area contributed by atoms with Crippen LogP contribution in [0.25, 0.3) is 22.3 Å². The fourth-order valence-corrected chi connectivity index (χ4v) is 6.66. The van der Waals surface area contributed by atoms with E-state index in [1.165, 1.54) is 67.0 Å². The highest BCUT2D eigenvalue weighted by molar-refractivity contribution is 5.83. The van der Waals surface area contributed by atoms with Crippen molar-refractivity contribution in [2.45, 2.75) is 41.5 Å². The number of hydrogen-bond donors (Lipinski definition) is 0. The number of aryl methyl sites for hydroxylation is 6. The molecule has 0 spiro atoms. The van der Waals surface area contributed by atoms with Crippen LogP contribution in [-0.2, 0) is 0 Å². The monoisotopic (exact) mass is 648 g/mol. The van der Waals surface area contributed by atoms with Crippen molar-refractivity contribution in [1.82, 2.24) is 0 Å². The van der Waals surface area contributed by atoms with Gasteiger partial charge in [0.1, 0.15) is 0 Å². The Hall–Kier alpha value is -5.86. The van der Waals surface area contributed by atoms with Crippen LogP contribution >= 0.6 is 0 Å². The topological polar surface area (TPSA) is 6.48 Å². The summed E-state index contributed by atoms with van der Waals surface area (Å²) in [7, 11) is 0. The predicted molar refractivity (Wildman–Crippen MR) is 215 cm³/mol. The van der Waals surface area contributed by atoms with Crippen LogP contribution < -0.4 is 9.80 Å². The minimum Gasteiger partial charge on any atom is -0.310 e. The molecule has 50 heavy (non-hydrogen) atoms. The van der Waals surface area contributed by atoms with E-state index in [0.717, 1.165) is 22.7 Å². The molecule has 0 fully saturated rings. The molecular formula is C48H44N2. The Balaban J connectivity index is 1.17. The van der Waals surface area contributed by atoms with Gasteiger partial charge in [0.15, 0.2) is 0 Å². The number of hydrogen-bond acceptors (Lipinski definition) is 2. The van der Waals surface area contributed by atoms with Gasteiger partial charge in [0.25, 0.3) is 0 Å². The summed E-state index contributed by atoms with van der Waals surface area (Å²) in [5.74, 6) is 0. The van der Waals surface area contributed by atoms with Gasteiger partial charge >= 0.3 is 0 Å². The largest absolute Gasteiger partial charge is 0.310 e. The molecule has 0 aliphatic heterocycles. The first-order valence-electron chi connectivity index (χ1n) is 17.4. The molecule has 0 saturated heterocycles. The molecule has 0 aromatic heterocycles. The molecule has 0 aliphatic carbocycles. The van der Waals surface area contributed by atoms with E-state index in [1.54, 1.807) is 0 Å². The van der Waals surface area contributed by atoms with Crippen LogP contribution in [0.15, 0.2) is 158 Å². The standard InChI is InChI=1S/C48H44N2/c1-33-7-21-43(22-8-33)49(44-23-9-34(2)10-24-44)47-29-19-41(31-37(47)5)39-15-17-40(18-16-39)42-20-30-48(38(6)32-42)50(45-25-11-35(3)12-26-45)46-27-13-36(4)14-28-46/h7-32H,1-6H3. The Bertz CT molecular complexity index is 1970. The first-order chi connectivity index (χ1) is 24.2. The summed E-state index contributed by atoms with van der Waals surface area (Å²) in [6.07, 6.45) is 0. The number of nitrogens with zero attached hydrogens (tertiary/aromatic N) is 2. The van der Waals surface area contributed by atoms with Gasteiger partial charge in [-0.25, -0.2) is 0 Å². The molecule has 0 aliphatic rings. The van der Waals surface area contributed by atoms with Crippen molar-refractivity contribution in [2.24, 2.45) is 0 Å². The van der Waals surface area contributed by atoms with Crippen molar-refractivity contribution >= 4 is 34.1 Å². The van der Waals surface area contributed by atoms with Gasteiger partial charge < -0.3 is 9.80 Å². The molecular weight excluding hydrogens is 605 g/mol. The van der Waals surface area contributed by atoms with Crippen LogP contribution in [0.4, 0.5) is 34.1 Å². The van der Waals surface area contributed by atoms with Gasteiger partial charge in [-0.05, 0) is 148 Å². The van der Waals surface area contributed by atoms with Crippen LogP contribution in [-0.4, -0.2) is 0 Å². The van der Waals surface area contributed by atoms with E-state index in [0.29, 0.717) is 0 Å². The summed E-state index contributed by atoms with van der Waals surface area (Å²) in [5.41, 5.74) is 19.3. The lowest BCUT2D eigenvalue weighted by Crippen LogP contribution is -2.11. The maximum atomic E-state index is 2.35. The second kappa shape index (κ2) is 13.9. The van der Waals surface area contributed by atoms with E-state index >= 15 is 0 Å². The average Bonchev–Trinajstić information content (AvgIpc) is 3.13. The molecule has 246 valence electrons. The third-order valence-electron chi connectivity index (χ3n) is 9.60. The number of rotatable bonds is 8. The normalized spacial score (nSPS) is 11.0. The van der Waals surface area contributed by atoms with Gasteiger partial charge in [-0.15, -0.1) is 0 Å². The molecule has 0 heterocycles. The van der Waals surface area contributed by atoms with Crippen LogP contribution in [0.3, 0.4) is 0 Å². The second-order valence-corrected chi connectivity index (χ2v) is 13.6. The van der Waals surface area contributed by atoms with Crippen LogP contribution in [0, 0.1) is 41.5 Å². The predicted octanol–water partition coefficient (Wildman–Crippen LogP) is 13.8. The van der Waals surface area contributed by atoms with E-state index in [4.69, 9.17) is 0 Å². The van der Waals surface area contributed by atoms with Crippen molar-refractivity contribution in [2.75, 3.05) is 9.80 Å². The average molecular weight is 649 g/mol. The summed E-state index contributed by atoms with van der Waals surface area (Å²) >= 11 is 0. The second-order valence-electron chi connectivity index (χ2n) is 13.6. The Morgan fingerprint density at radius 2 is 0.500 bits per heavy atom. The molecule has 0 N–H and O–H groups in total. The minimum absolute atomic E-state index is 1.15. The van der Waals surface area contributed by atoms with Gasteiger partial charge in [-0.1, -0.05) is 107 Å². The molecule has 0 saturated carbocycles. The lowest BCUT2D eigenvalue weighted by atomic mass is 9.97. The van der Waals surface area contributed by atoms with Crippen LogP contribution in [0.1, 0.15) is 33.4 Å². The van der Waals surface area contributed by atoms with E-state index in [-0.39, 0.29) is 0 Å². The van der Waals surface area contributed by atoms with E-state index < -0.39 is 0 Å². The van der Waals surface area contributed by atoms with E-state index in [1.807, 2.05) is 0 Å². The minimum atomic E-state index is 1.15. The van der Waals surface area contributed by atoms with Crippen molar-refractivity contribution in [3.05, 3.63) is 191 Å². The Labute approximate surface area is 297 Å². The summed E-state index contributed by atoms with van der Waals surface area (Å²) < 4.78 is 0. The van der Waals surface area contributed by atoms with Gasteiger partial charge in [0.05, 0.1) is 0 Å². The summed E-state index contributed by atoms with van der Waals surface area (Å²) in [6, 6.07) is 57.7. The maximum Gasteiger partial charge on any atom is 0.0491 e. The highest BCUT2D eigenvalue weighted by atomic mass is 15.1. The third kappa shape index (κ3) is 6.84. The maximum absolute atomic E-state index is 2.35. The molecule has 7 aromatic carbocycles. The number of anilines is 6. The zero-order valence-corrected chi connectivity index (χ0v) is 29.9. The number of benzene rings is 7. The first kappa shape index (κ1) is 32.7. The SMILES string of the molecule is Cc1ccc(N(c2ccc(C)cc2)c2ccc(-c3ccc(-c4ccc(N(c5ccc(C)cc5)c5ccc(C)cc5)c(C)c4)cc3)cc2C)cc1. The fraction of sp³-hybridized carbons (Fsp3) is 0.125. The molecule has 0 unspecified atom stereocenters. The quantitative estimate of drug-likeness (QED) is 0.162. The molecule has 7 rings (SSSR count). The summed E-state index contributed by atoms with van der Waals surface area (Å²) in [6.45, 7) is 13.0. The van der Waals surface area contributed by atoms with Gasteiger partial charge in [0.2, 0.25) is 0 Å². The molecule has 0 radical (unpaired) electrons. The van der Waals surface area contributed by atoms with Crippen molar-refractivity contribution < 1.29 is 0 Å². The van der Waals surface area contributed by atoms with Crippen LogP contribution in [0.2, 0.25) is 0 Å². The van der Waals surface area contributed by atoms with Crippen molar-refractivity contribution in [3.63, 3.8) is 0 Å². The smallest absolute Gasteiger partial charge is 0.0491 e. The van der Waals surface area contributed by atoms with Gasteiger partial charge in [-0.2, -0.15) is 0 Å². The van der Waals surface area contributed by atoms with E-state index in [9.17, 15) is 0 Å². The zero-order chi connectivity index (χ0) is 34.8. The lowest BCUT2D eigenvalue weighted by molar-refractivity contribution is 1.24. The van der Waals surface area contributed by atoms with Gasteiger partial charge in [0, 0.05) is 34.1 Å². The molecule has 2 nitrogen and oxygen atoms in total. The highest BCUT2D eigenvalue weighted by Gasteiger charge is 2.17. The molecule has 7 aromatic rings. The Morgan fingerprint density at radius 3 is 0.740 bits per heavy atom. The lowest BCUT2D eigenvalue weighted by Gasteiger charge is -2.28. The third-order valence-corrected chi connectivity index (χ3v) is 9.60. The van der Waals surface area contributed by atoms with Crippen LogP contribution in [0.5, 0.6) is 0 Å². The molecule has 0 amide bonds. The molecule has 0 atom stereocenters. The highest BCUT2D eigenvalue weighted by Crippen LogP contribution is 2.40. The van der Waals surface area contributed by atoms with Gasteiger partial charge in [-0.3, -0.25) is 0 Å². The zero-order valence-electron chi connectivity index (χ0n) is 29.9. The molecule has 2 heteroatoms. The first-order valence-corrected chi connectivity index (χ1v) is 17.4. The fourth-order valence-electron chi connectivity index (χ4n) is 6.66. The summed E-state index contributed by atoms with van der Waals surface area (Å²) in [4.78, 5) is 4.71. The van der Waals surface area contributed by atoms with Crippen molar-refractivity contribution in [3.8, 4) is 22.3 Å². The van der Waals surface area contributed by atoms with Crippen molar-refractivity contribution in [1.29, 1.82) is 0 Å². The van der Waals surface area contributed by atoms with E-state index in [2.05, 4.69) is 209 Å². The molecule has 0 bridgehead atoms. The Kier molecular flexibility index (Phi) is 9.11.